The fourth-order valence-corrected chi connectivity index (χ4v) is 4.05. The van der Waals surface area contributed by atoms with E-state index in [9.17, 15) is 9.59 Å². The van der Waals surface area contributed by atoms with Crippen LogP contribution in [0, 0.1) is 0 Å². The third-order valence-electron chi connectivity index (χ3n) is 3.05. The number of rotatable bonds is 6. The van der Waals surface area contributed by atoms with Crippen LogP contribution in [-0.4, -0.2) is 33.7 Å². The molecule has 0 spiro atoms. The first-order valence-electron chi connectivity index (χ1n) is 7.27. The number of hydrogen-bond acceptors (Lipinski definition) is 7. The number of nitrogens with one attached hydrogen (secondary N) is 2. The van der Waals surface area contributed by atoms with E-state index in [1.807, 2.05) is 12.1 Å². The Kier molecular flexibility index (Phi) is 5.61. The van der Waals surface area contributed by atoms with E-state index in [0.29, 0.717) is 17.4 Å². The van der Waals surface area contributed by atoms with Crippen LogP contribution in [0.5, 0.6) is 0 Å². The number of carbonyl (C=O) groups is 2. The predicted molar refractivity (Wildman–Crippen MR) is 100 cm³/mol. The van der Waals surface area contributed by atoms with Gasteiger partial charge in [0.2, 0.25) is 0 Å². The minimum atomic E-state index is -0.366. The number of aromatic amines is 1. The molecule has 0 saturated heterocycles. The van der Waals surface area contributed by atoms with Gasteiger partial charge in [0.15, 0.2) is 10.8 Å². The summed E-state index contributed by atoms with van der Waals surface area (Å²) in [7, 11) is 0. The number of amides is 1. The van der Waals surface area contributed by atoms with E-state index in [2.05, 4.69) is 36.4 Å². The molecule has 3 aromatic rings. The van der Waals surface area contributed by atoms with Gasteiger partial charge in [-0.2, -0.15) is 5.10 Å². The summed E-state index contributed by atoms with van der Waals surface area (Å²) < 4.78 is 5.87. The second-order valence-corrected chi connectivity index (χ2v) is 8.17. The van der Waals surface area contributed by atoms with Crippen molar-refractivity contribution < 1.29 is 14.3 Å². The average Bonchev–Trinajstić information content (AvgIpc) is 3.28. The van der Waals surface area contributed by atoms with E-state index in [-0.39, 0.29) is 24.0 Å². The molecule has 0 unspecified atom stereocenters. The molecule has 0 fully saturated rings. The maximum atomic E-state index is 12.3. The molecule has 0 atom stereocenters. The van der Waals surface area contributed by atoms with Gasteiger partial charge in [-0.25, -0.2) is 4.98 Å². The molecule has 10 heteroatoms. The van der Waals surface area contributed by atoms with E-state index < -0.39 is 0 Å². The van der Waals surface area contributed by atoms with Crippen molar-refractivity contribution in [2.75, 3.05) is 11.9 Å². The Morgan fingerprint density at radius 3 is 2.96 bits per heavy atom. The van der Waals surface area contributed by atoms with Crippen molar-refractivity contribution in [2.24, 2.45) is 0 Å². The highest BCUT2D eigenvalue weighted by Gasteiger charge is 2.15. The summed E-state index contributed by atoms with van der Waals surface area (Å²) in [4.78, 5) is 28.9. The number of aromatic nitrogens is 3. The Morgan fingerprint density at radius 1 is 1.40 bits per heavy atom. The van der Waals surface area contributed by atoms with Gasteiger partial charge in [-0.1, -0.05) is 0 Å². The highest BCUT2D eigenvalue weighted by atomic mass is 79.9. The number of H-pyrrole nitrogens is 1. The highest BCUT2D eigenvalue weighted by molar-refractivity contribution is 9.11. The summed E-state index contributed by atoms with van der Waals surface area (Å²) >= 11 is 6.19. The van der Waals surface area contributed by atoms with Gasteiger partial charge in [0.05, 0.1) is 33.1 Å². The van der Waals surface area contributed by atoms with Crippen molar-refractivity contribution in [1.82, 2.24) is 15.2 Å². The zero-order valence-electron chi connectivity index (χ0n) is 13.0. The van der Waals surface area contributed by atoms with E-state index in [4.69, 9.17) is 4.74 Å². The number of thiazole rings is 1. The molecule has 3 aromatic heterocycles. The van der Waals surface area contributed by atoms with E-state index in [1.54, 1.807) is 29.7 Å². The molecule has 25 heavy (non-hydrogen) atoms. The van der Waals surface area contributed by atoms with Crippen molar-refractivity contribution in [3.63, 3.8) is 0 Å². The molecule has 0 aromatic carbocycles. The minimum Gasteiger partial charge on any atom is -0.466 e. The number of halogens is 1. The van der Waals surface area contributed by atoms with Crippen LogP contribution in [0.25, 0.3) is 10.6 Å². The first kappa shape index (κ1) is 17.8. The first-order chi connectivity index (χ1) is 12.0. The molecule has 0 aliphatic carbocycles. The second kappa shape index (κ2) is 7.89. The second-order valence-electron chi connectivity index (χ2n) is 4.85. The summed E-state index contributed by atoms with van der Waals surface area (Å²) in [6.45, 7) is 2.08. The Hall–Kier alpha value is -2.04. The summed E-state index contributed by atoms with van der Waals surface area (Å²) in [5.74, 6) is -0.708. The van der Waals surface area contributed by atoms with Crippen LogP contribution in [-0.2, 0) is 16.0 Å². The van der Waals surface area contributed by atoms with Gasteiger partial charge in [0.1, 0.15) is 0 Å². The number of ether oxygens (including phenoxy) is 1. The SMILES string of the molecule is CCOC(=O)Cc1csc(NC(=O)c2cc(-c3ccc(Br)s3)[nH]n2)n1. The number of anilines is 1. The van der Waals surface area contributed by atoms with E-state index in [1.165, 1.54) is 11.3 Å². The van der Waals surface area contributed by atoms with Crippen LogP contribution in [0.3, 0.4) is 0 Å². The molecule has 3 heterocycles. The first-order valence-corrected chi connectivity index (χ1v) is 9.76. The van der Waals surface area contributed by atoms with Crippen LogP contribution >= 0.6 is 38.6 Å². The molecule has 7 nitrogen and oxygen atoms in total. The molecule has 2 N–H and O–H groups in total. The van der Waals surface area contributed by atoms with Crippen molar-refractivity contribution in [3.05, 3.63) is 38.8 Å². The quantitative estimate of drug-likeness (QED) is 0.569. The number of hydrogen-bond donors (Lipinski definition) is 2. The lowest BCUT2D eigenvalue weighted by Gasteiger charge is -1.99. The van der Waals surface area contributed by atoms with Crippen LogP contribution in [0.2, 0.25) is 0 Å². The maximum absolute atomic E-state index is 12.3. The van der Waals surface area contributed by atoms with E-state index >= 15 is 0 Å². The van der Waals surface area contributed by atoms with Crippen LogP contribution in [0.15, 0.2) is 27.4 Å². The zero-order chi connectivity index (χ0) is 17.8. The summed E-state index contributed by atoms with van der Waals surface area (Å²) in [5, 5.41) is 11.7. The normalized spacial score (nSPS) is 10.6. The third kappa shape index (κ3) is 4.53. The molecule has 3 rings (SSSR count). The van der Waals surface area contributed by atoms with Crippen molar-refractivity contribution in [2.45, 2.75) is 13.3 Å². The molecular weight excluding hydrogens is 428 g/mol. The summed E-state index contributed by atoms with van der Waals surface area (Å²) in [6, 6.07) is 5.55. The van der Waals surface area contributed by atoms with Crippen molar-refractivity contribution >= 4 is 55.6 Å². The predicted octanol–water partition coefficient (Wildman–Crippen LogP) is 3.72. The van der Waals surface area contributed by atoms with Gasteiger partial charge >= 0.3 is 5.97 Å². The molecule has 0 aliphatic heterocycles. The molecular formula is C15H13BrN4O3S2. The molecule has 130 valence electrons. The number of thiophene rings is 1. The lowest BCUT2D eigenvalue weighted by Crippen LogP contribution is -2.12. The highest BCUT2D eigenvalue weighted by Crippen LogP contribution is 2.30. The lowest BCUT2D eigenvalue weighted by atomic mass is 10.3. The summed E-state index contributed by atoms with van der Waals surface area (Å²) in [6.07, 6.45) is 0.0834. The molecule has 0 bridgehead atoms. The zero-order valence-corrected chi connectivity index (χ0v) is 16.3. The largest absolute Gasteiger partial charge is 0.466 e. The van der Waals surface area contributed by atoms with Gasteiger partial charge in [-0.15, -0.1) is 22.7 Å². The molecule has 1 amide bonds. The third-order valence-corrected chi connectivity index (χ3v) is 5.52. The van der Waals surface area contributed by atoms with Gasteiger partial charge < -0.3 is 4.74 Å². The van der Waals surface area contributed by atoms with Crippen LogP contribution in [0.4, 0.5) is 5.13 Å². The smallest absolute Gasteiger partial charge is 0.311 e. The molecule has 0 radical (unpaired) electrons. The number of carbonyl (C=O) groups excluding carboxylic acids is 2. The Morgan fingerprint density at radius 2 is 2.24 bits per heavy atom. The Labute approximate surface area is 159 Å². The maximum Gasteiger partial charge on any atom is 0.311 e. The van der Waals surface area contributed by atoms with Gasteiger partial charge in [-0.3, -0.25) is 20.0 Å². The van der Waals surface area contributed by atoms with Crippen molar-refractivity contribution in [3.8, 4) is 10.6 Å². The summed E-state index contributed by atoms with van der Waals surface area (Å²) in [5.41, 5.74) is 1.59. The lowest BCUT2D eigenvalue weighted by molar-refractivity contribution is -0.142. The van der Waals surface area contributed by atoms with Gasteiger partial charge in [0.25, 0.3) is 5.91 Å². The van der Waals surface area contributed by atoms with Gasteiger partial charge in [0, 0.05) is 5.38 Å². The standard InChI is InChI=1S/C15H13BrN4O3S2/c1-2-23-13(21)5-8-7-24-15(17-8)18-14(22)10-6-9(19-20-10)11-3-4-12(16)25-11/h3-4,6-7H,2,5H2,1H3,(H,19,20)(H,17,18,22). The van der Waals surface area contributed by atoms with Crippen molar-refractivity contribution in [1.29, 1.82) is 0 Å². The topological polar surface area (TPSA) is 97.0 Å². The Bertz CT molecular complexity index is 902. The Balaban J connectivity index is 1.64. The fourth-order valence-electron chi connectivity index (χ4n) is 1.99. The van der Waals surface area contributed by atoms with Crippen LogP contribution < -0.4 is 5.32 Å². The fraction of sp³-hybridized carbons (Fsp3) is 0.200. The monoisotopic (exact) mass is 440 g/mol. The number of esters is 1. The van der Waals surface area contributed by atoms with Crippen LogP contribution in [0.1, 0.15) is 23.1 Å². The minimum absolute atomic E-state index is 0.0834. The average molecular weight is 441 g/mol. The van der Waals surface area contributed by atoms with E-state index in [0.717, 1.165) is 14.4 Å². The number of nitrogens with zero attached hydrogens (tertiary/aromatic N) is 2. The van der Waals surface area contributed by atoms with Gasteiger partial charge in [-0.05, 0) is 41.1 Å². The molecule has 0 aliphatic rings. The molecule has 0 saturated carbocycles.